The van der Waals surface area contributed by atoms with Gasteiger partial charge in [0.15, 0.2) is 0 Å². The Morgan fingerprint density at radius 1 is 1.53 bits per heavy atom. The van der Waals surface area contributed by atoms with E-state index in [0.29, 0.717) is 24.0 Å². The van der Waals surface area contributed by atoms with Crippen molar-refractivity contribution in [1.29, 1.82) is 0 Å². The first-order chi connectivity index (χ1) is 6.93. The number of Topliss-reactive ketones (excluding diaryl/α,β-unsaturated/α-hetero) is 1. The molecule has 1 aliphatic rings. The lowest BCUT2D eigenvalue weighted by atomic mass is 9.90. The van der Waals surface area contributed by atoms with Crippen LogP contribution >= 0.6 is 0 Å². The molecule has 4 unspecified atom stereocenters. The highest BCUT2D eigenvalue weighted by Crippen LogP contribution is 2.22. The Morgan fingerprint density at radius 3 is 2.67 bits per heavy atom. The van der Waals surface area contributed by atoms with Crippen molar-refractivity contribution in [3.8, 4) is 0 Å². The van der Waals surface area contributed by atoms with Gasteiger partial charge in [-0.2, -0.15) is 0 Å². The Hall–Kier alpha value is -0.220. The van der Waals surface area contributed by atoms with Gasteiger partial charge in [0.25, 0.3) is 0 Å². The summed E-state index contributed by atoms with van der Waals surface area (Å²) >= 11 is 0. The lowest BCUT2D eigenvalue weighted by Crippen LogP contribution is -2.52. The topological polar surface area (TPSA) is 37.4 Å². The van der Waals surface area contributed by atoms with Gasteiger partial charge in [0.1, 0.15) is 5.78 Å². The van der Waals surface area contributed by atoms with Crippen molar-refractivity contribution in [2.24, 2.45) is 5.92 Å². The summed E-state index contributed by atoms with van der Waals surface area (Å²) in [4.78, 5) is 13.8. The van der Waals surface area contributed by atoms with Crippen LogP contribution in [-0.2, 0) is 15.6 Å². The molecule has 0 amide bonds. The Kier molecular flexibility index (Phi) is 4.46. The molecular weight excluding hydrogens is 210 g/mol. The van der Waals surface area contributed by atoms with Crippen LogP contribution in [0.4, 0.5) is 0 Å². The van der Waals surface area contributed by atoms with Crippen molar-refractivity contribution in [2.75, 3.05) is 18.6 Å². The molecular formula is C11H21NO2S. The molecule has 1 rings (SSSR count). The lowest BCUT2D eigenvalue weighted by molar-refractivity contribution is -0.128. The molecule has 0 radical (unpaired) electrons. The largest absolute Gasteiger partial charge is 0.299 e. The van der Waals surface area contributed by atoms with Gasteiger partial charge in [-0.05, 0) is 13.8 Å². The van der Waals surface area contributed by atoms with Gasteiger partial charge >= 0.3 is 0 Å². The highest BCUT2D eigenvalue weighted by Gasteiger charge is 2.33. The fourth-order valence-electron chi connectivity index (χ4n) is 2.28. The van der Waals surface area contributed by atoms with Crippen LogP contribution in [0.1, 0.15) is 27.2 Å². The quantitative estimate of drug-likeness (QED) is 0.728. The summed E-state index contributed by atoms with van der Waals surface area (Å²) in [7, 11) is -0.759. The number of piperidine rings is 1. The number of carbonyl (C=O) groups excluding carboxylic acids is 1. The number of hydrogen-bond acceptors (Lipinski definition) is 3. The lowest BCUT2D eigenvalue weighted by Gasteiger charge is -2.40. The molecule has 0 aliphatic carbocycles. The molecule has 0 aromatic rings. The van der Waals surface area contributed by atoms with Crippen LogP contribution in [0.2, 0.25) is 0 Å². The molecule has 1 fully saturated rings. The molecule has 1 heterocycles. The first-order valence-electron chi connectivity index (χ1n) is 5.52. The second-order valence-corrected chi connectivity index (χ2v) is 6.05. The van der Waals surface area contributed by atoms with Gasteiger partial charge in [0.05, 0.1) is 0 Å². The van der Waals surface area contributed by atoms with E-state index >= 15 is 0 Å². The molecule has 88 valence electrons. The molecule has 15 heavy (non-hydrogen) atoms. The zero-order chi connectivity index (χ0) is 11.6. The third kappa shape index (κ3) is 3.11. The summed E-state index contributed by atoms with van der Waals surface area (Å²) in [6.07, 6.45) is 2.38. The Morgan fingerprint density at radius 2 is 2.13 bits per heavy atom. The van der Waals surface area contributed by atoms with Crippen molar-refractivity contribution in [3.05, 3.63) is 0 Å². The van der Waals surface area contributed by atoms with E-state index < -0.39 is 10.8 Å². The van der Waals surface area contributed by atoms with Crippen LogP contribution in [0.15, 0.2) is 0 Å². The monoisotopic (exact) mass is 231 g/mol. The van der Waals surface area contributed by atoms with Gasteiger partial charge in [0, 0.05) is 53.8 Å². The van der Waals surface area contributed by atoms with E-state index in [4.69, 9.17) is 0 Å². The summed E-state index contributed by atoms with van der Waals surface area (Å²) in [6.45, 7) is 7.01. The minimum absolute atomic E-state index is 0.117. The predicted octanol–water partition coefficient (Wildman–Crippen LogP) is 1.05. The van der Waals surface area contributed by atoms with Crippen LogP contribution in [-0.4, -0.2) is 45.5 Å². The fourth-order valence-corrected chi connectivity index (χ4v) is 3.15. The van der Waals surface area contributed by atoms with Gasteiger partial charge < -0.3 is 0 Å². The van der Waals surface area contributed by atoms with Crippen LogP contribution in [0.25, 0.3) is 0 Å². The second-order valence-electron chi connectivity index (χ2n) is 4.57. The van der Waals surface area contributed by atoms with E-state index in [1.54, 1.807) is 6.26 Å². The smallest absolute Gasteiger partial charge is 0.138 e. The van der Waals surface area contributed by atoms with Crippen molar-refractivity contribution in [1.82, 2.24) is 4.90 Å². The number of ketones is 1. The molecule has 4 heteroatoms. The van der Waals surface area contributed by atoms with Gasteiger partial charge in [-0.25, -0.2) is 0 Å². The minimum Gasteiger partial charge on any atom is -0.299 e. The molecule has 3 nitrogen and oxygen atoms in total. The second kappa shape index (κ2) is 5.21. The standard InChI is InChI=1S/C11H21NO2S/c1-8(7-15(4)14)12-6-5-11(13)9(2)10(12)3/h8-10H,5-7H2,1-4H3. The van der Waals surface area contributed by atoms with Gasteiger partial charge in [-0.3, -0.25) is 13.9 Å². The summed E-state index contributed by atoms with van der Waals surface area (Å²) in [5, 5.41) is 0. The van der Waals surface area contributed by atoms with Crippen LogP contribution in [0.5, 0.6) is 0 Å². The van der Waals surface area contributed by atoms with Crippen LogP contribution in [0, 0.1) is 5.92 Å². The molecule has 4 atom stereocenters. The van der Waals surface area contributed by atoms with Crippen LogP contribution in [0.3, 0.4) is 0 Å². The maximum Gasteiger partial charge on any atom is 0.138 e. The number of hydrogen-bond donors (Lipinski definition) is 0. The highest BCUT2D eigenvalue weighted by molar-refractivity contribution is 7.84. The fraction of sp³-hybridized carbons (Fsp3) is 0.909. The average Bonchev–Trinajstić information content (AvgIpc) is 2.13. The SMILES string of the molecule is CC1C(=O)CCN(C(C)CS(C)=O)C1C. The van der Waals surface area contributed by atoms with E-state index in [2.05, 4.69) is 18.7 Å². The summed E-state index contributed by atoms with van der Waals surface area (Å²) in [5.74, 6) is 1.18. The van der Waals surface area contributed by atoms with E-state index in [1.807, 2.05) is 6.92 Å². The summed E-state index contributed by atoms with van der Waals surface area (Å²) in [5.41, 5.74) is 0. The Balaban J connectivity index is 2.62. The first kappa shape index (κ1) is 12.8. The molecule has 1 saturated heterocycles. The predicted molar refractivity (Wildman–Crippen MR) is 63.4 cm³/mol. The Labute approximate surface area is 94.7 Å². The average molecular weight is 231 g/mol. The van der Waals surface area contributed by atoms with E-state index in [1.165, 1.54) is 0 Å². The molecule has 1 aliphatic heterocycles. The normalized spacial score (nSPS) is 32.7. The Bertz CT molecular complexity index is 267. The number of rotatable bonds is 3. The first-order valence-corrected chi connectivity index (χ1v) is 7.24. The van der Waals surface area contributed by atoms with Gasteiger partial charge in [0.2, 0.25) is 0 Å². The maximum atomic E-state index is 11.5. The highest BCUT2D eigenvalue weighted by atomic mass is 32.2. The third-order valence-electron chi connectivity index (χ3n) is 3.41. The maximum absolute atomic E-state index is 11.5. The van der Waals surface area contributed by atoms with Gasteiger partial charge in [-0.15, -0.1) is 0 Å². The van der Waals surface area contributed by atoms with E-state index in [-0.39, 0.29) is 12.0 Å². The summed E-state index contributed by atoms with van der Waals surface area (Å²) < 4.78 is 11.2. The molecule has 0 N–H and O–H groups in total. The van der Waals surface area contributed by atoms with Gasteiger partial charge in [-0.1, -0.05) is 6.92 Å². The zero-order valence-corrected chi connectivity index (χ0v) is 10.8. The molecule has 0 saturated carbocycles. The van der Waals surface area contributed by atoms with E-state index in [9.17, 15) is 9.00 Å². The van der Waals surface area contributed by atoms with Crippen molar-refractivity contribution >= 4 is 16.6 Å². The molecule has 0 spiro atoms. The molecule has 0 aromatic carbocycles. The van der Waals surface area contributed by atoms with Crippen molar-refractivity contribution in [2.45, 2.75) is 39.3 Å². The van der Waals surface area contributed by atoms with Crippen molar-refractivity contribution in [3.63, 3.8) is 0 Å². The van der Waals surface area contributed by atoms with Crippen molar-refractivity contribution < 1.29 is 9.00 Å². The number of likely N-dealkylation sites (tertiary alicyclic amines) is 1. The third-order valence-corrected chi connectivity index (χ3v) is 4.36. The molecule has 0 aromatic heterocycles. The zero-order valence-electron chi connectivity index (χ0n) is 10.0. The van der Waals surface area contributed by atoms with E-state index in [0.717, 1.165) is 6.54 Å². The number of carbonyl (C=O) groups is 1. The minimum atomic E-state index is -0.759. The molecule has 0 bridgehead atoms. The summed E-state index contributed by atoms with van der Waals surface area (Å²) in [6, 6.07) is 0.589. The number of nitrogens with zero attached hydrogens (tertiary/aromatic N) is 1. The van der Waals surface area contributed by atoms with Crippen LogP contribution < -0.4 is 0 Å².